The molecule has 1 N–H and O–H groups in total. The van der Waals surface area contributed by atoms with Gasteiger partial charge in [0, 0.05) is 36.1 Å². The molecule has 0 fully saturated rings. The number of hydrogen-bond acceptors (Lipinski definition) is 3. The van der Waals surface area contributed by atoms with E-state index >= 15 is 0 Å². The van der Waals surface area contributed by atoms with E-state index in [0.29, 0.717) is 28.1 Å². The molecule has 6 heteroatoms. The standard InChI is InChI=1S/C25H23FN2O3/c1-28-22-10-9-18(26)13-21(22)23(17-7-5-4-6-8-17)24(28)25(29)27-15-16-11-19(30-2)14-20(12-16)31-3/h4-14H,15H2,1-3H3,(H,27,29). The van der Waals surface area contributed by atoms with E-state index in [1.165, 1.54) is 12.1 Å². The number of nitrogens with one attached hydrogen (secondary N) is 1. The number of carbonyl (C=O) groups is 1. The molecule has 0 radical (unpaired) electrons. The van der Waals surface area contributed by atoms with Crippen LogP contribution in [0.25, 0.3) is 22.0 Å². The Morgan fingerprint density at radius 2 is 1.65 bits per heavy atom. The predicted octanol–water partition coefficient (Wildman–Crippen LogP) is 4.93. The summed E-state index contributed by atoms with van der Waals surface area (Å²) < 4.78 is 26.5. The molecule has 5 nitrogen and oxygen atoms in total. The Kier molecular flexibility index (Phi) is 5.62. The Bertz CT molecular complexity index is 1230. The number of amides is 1. The highest BCUT2D eigenvalue weighted by atomic mass is 19.1. The highest BCUT2D eigenvalue weighted by Gasteiger charge is 2.22. The maximum Gasteiger partial charge on any atom is 0.268 e. The Labute approximate surface area is 180 Å². The van der Waals surface area contributed by atoms with Crippen LogP contribution in [0.1, 0.15) is 16.1 Å². The van der Waals surface area contributed by atoms with E-state index in [2.05, 4.69) is 5.32 Å². The summed E-state index contributed by atoms with van der Waals surface area (Å²) in [6, 6.07) is 19.6. The highest BCUT2D eigenvalue weighted by Crippen LogP contribution is 2.35. The van der Waals surface area contributed by atoms with Crippen molar-refractivity contribution in [3.63, 3.8) is 0 Å². The smallest absolute Gasteiger partial charge is 0.268 e. The van der Waals surface area contributed by atoms with Gasteiger partial charge in [0.25, 0.3) is 5.91 Å². The molecular weight excluding hydrogens is 395 g/mol. The van der Waals surface area contributed by atoms with E-state index in [1.54, 1.807) is 30.9 Å². The lowest BCUT2D eigenvalue weighted by molar-refractivity contribution is 0.0944. The third-order valence-electron chi connectivity index (χ3n) is 5.30. The molecule has 1 aromatic heterocycles. The second-order valence-corrected chi connectivity index (χ2v) is 7.21. The van der Waals surface area contributed by atoms with Gasteiger partial charge in [0.1, 0.15) is 23.0 Å². The van der Waals surface area contributed by atoms with Gasteiger partial charge in [-0.1, -0.05) is 30.3 Å². The summed E-state index contributed by atoms with van der Waals surface area (Å²) in [5, 5.41) is 3.68. The van der Waals surface area contributed by atoms with E-state index in [1.807, 2.05) is 49.5 Å². The van der Waals surface area contributed by atoms with E-state index in [4.69, 9.17) is 9.47 Å². The first kappa shape index (κ1) is 20.5. The van der Waals surface area contributed by atoms with E-state index < -0.39 is 0 Å². The van der Waals surface area contributed by atoms with Crippen LogP contribution in [0.3, 0.4) is 0 Å². The number of nitrogens with zero attached hydrogens (tertiary/aromatic N) is 1. The number of aromatic nitrogens is 1. The molecule has 0 aliphatic rings. The summed E-state index contributed by atoms with van der Waals surface area (Å²) in [6.45, 7) is 0.288. The van der Waals surface area contributed by atoms with Gasteiger partial charge in [-0.3, -0.25) is 4.79 Å². The van der Waals surface area contributed by atoms with Crippen LogP contribution in [0.2, 0.25) is 0 Å². The first-order chi connectivity index (χ1) is 15.0. The van der Waals surface area contributed by atoms with Crippen LogP contribution in [0.4, 0.5) is 4.39 Å². The second-order valence-electron chi connectivity index (χ2n) is 7.21. The zero-order chi connectivity index (χ0) is 22.0. The molecule has 1 heterocycles. The maximum absolute atomic E-state index is 14.1. The van der Waals surface area contributed by atoms with Gasteiger partial charge < -0.3 is 19.4 Å². The minimum atomic E-state index is -0.342. The first-order valence-electron chi connectivity index (χ1n) is 9.85. The zero-order valence-electron chi connectivity index (χ0n) is 17.6. The van der Waals surface area contributed by atoms with Crippen molar-refractivity contribution in [2.75, 3.05) is 14.2 Å². The molecule has 0 saturated heterocycles. The fourth-order valence-corrected chi connectivity index (χ4v) is 3.81. The van der Waals surface area contributed by atoms with Crippen molar-refractivity contribution in [2.24, 2.45) is 7.05 Å². The highest BCUT2D eigenvalue weighted by molar-refractivity contribution is 6.10. The van der Waals surface area contributed by atoms with Crippen molar-refractivity contribution in [1.82, 2.24) is 9.88 Å². The molecule has 4 aromatic rings. The molecule has 0 saturated carbocycles. The number of rotatable bonds is 6. The zero-order valence-corrected chi connectivity index (χ0v) is 17.6. The number of halogens is 1. The number of ether oxygens (including phenoxy) is 2. The summed E-state index contributed by atoms with van der Waals surface area (Å²) >= 11 is 0. The van der Waals surface area contributed by atoms with Gasteiger partial charge in [-0.25, -0.2) is 4.39 Å². The summed E-state index contributed by atoms with van der Waals surface area (Å²) in [6.07, 6.45) is 0. The van der Waals surface area contributed by atoms with Crippen LogP contribution in [0.15, 0.2) is 66.7 Å². The van der Waals surface area contributed by atoms with Crippen molar-refractivity contribution >= 4 is 16.8 Å². The molecule has 1 amide bonds. The Morgan fingerprint density at radius 1 is 0.968 bits per heavy atom. The van der Waals surface area contributed by atoms with Gasteiger partial charge >= 0.3 is 0 Å². The lowest BCUT2D eigenvalue weighted by Gasteiger charge is -2.12. The van der Waals surface area contributed by atoms with Crippen molar-refractivity contribution in [1.29, 1.82) is 0 Å². The van der Waals surface area contributed by atoms with Gasteiger partial charge in [0.15, 0.2) is 0 Å². The fourth-order valence-electron chi connectivity index (χ4n) is 3.81. The van der Waals surface area contributed by atoms with Crippen LogP contribution in [0.5, 0.6) is 11.5 Å². The van der Waals surface area contributed by atoms with Crippen molar-refractivity contribution in [3.8, 4) is 22.6 Å². The molecular formula is C25H23FN2O3. The van der Waals surface area contributed by atoms with Gasteiger partial charge in [-0.15, -0.1) is 0 Å². The van der Waals surface area contributed by atoms with Gasteiger partial charge in [0.05, 0.1) is 14.2 Å². The van der Waals surface area contributed by atoms with Gasteiger partial charge in [-0.2, -0.15) is 0 Å². The number of fused-ring (bicyclic) bond motifs is 1. The van der Waals surface area contributed by atoms with Gasteiger partial charge in [-0.05, 0) is 41.5 Å². The Balaban J connectivity index is 1.74. The molecule has 3 aromatic carbocycles. The van der Waals surface area contributed by atoms with Crippen molar-refractivity contribution < 1.29 is 18.7 Å². The molecule has 4 rings (SSSR count). The summed E-state index contributed by atoms with van der Waals surface area (Å²) in [5.41, 5.74) is 3.66. The van der Waals surface area contributed by atoms with Gasteiger partial charge in [0.2, 0.25) is 0 Å². The lowest BCUT2D eigenvalue weighted by atomic mass is 10.0. The lowest BCUT2D eigenvalue weighted by Crippen LogP contribution is -2.25. The Morgan fingerprint density at radius 3 is 2.29 bits per heavy atom. The minimum absolute atomic E-state index is 0.250. The predicted molar refractivity (Wildman–Crippen MR) is 119 cm³/mol. The van der Waals surface area contributed by atoms with Crippen LogP contribution < -0.4 is 14.8 Å². The molecule has 31 heavy (non-hydrogen) atoms. The molecule has 0 aliphatic heterocycles. The topological polar surface area (TPSA) is 52.5 Å². The molecule has 158 valence electrons. The minimum Gasteiger partial charge on any atom is -0.497 e. The van der Waals surface area contributed by atoms with Crippen LogP contribution in [-0.4, -0.2) is 24.7 Å². The van der Waals surface area contributed by atoms with E-state index in [-0.39, 0.29) is 18.3 Å². The molecule has 0 aliphatic carbocycles. The third-order valence-corrected chi connectivity index (χ3v) is 5.30. The average Bonchev–Trinajstić information content (AvgIpc) is 3.09. The normalized spacial score (nSPS) is 10.8. The first-order valence-corrected chi connectivity index (χ1v) is 9.85. The largest absolute Gasteiger partial charge is 0.497 e. The van der Waals surface area contributed by atoms with Crippen molar-refractivity contribution in [2.45, 2.75) is 6.54 Å². The fraction of sp³-hybridized carbons (Fsp3) is 0.160. The van der Waals surface area contributed by atoms with E-state index in [9.17, 15) is 9.18 Å². The number of methoxy groups -OCH3 is 2. The van der Waals surface area contributed by atoms with Crippen LogP contribution in [0, 0.1) is 5.82 Å². The van der Waals surface area contributed by atoms with Crippen LogP contribution >= 0.6 is 0 Å². The molecule has 0 bridgehead atoms. The molecule has 0 atom stereocenters. The summed E-state index contributed by atoms with van der Waals surface area (Å²) in [7, 11) is 4.98. The SMILES string of the molecule is COc1cc(CNC(=O)c2c(-c3ccccc3)c3cc(F)ccc3n2C)cc(OC)c1. The maximum atomic E-state index is 14.1. The number of carbonyl (C=O) groups excluding carboxylic acids is 1. The number of benzene rings is 3. The van der Waals surface area contributed by atoms with Crippen molar-refractivity contribution in [3.05, 3.63) is 83.8 Å². The quantitative estimate of drug-likeness (QED) is 0.483. The third kappa shape index (κ3) is 3.97. The van der Waals surface area contributed by atoms with Crippen LogP contribution in [-0.2, 0) is 13.6 Å². The number of aryl methyl sites for hydroxylation is 1. The molecule has 0 unspecified atom stereocenters. The average molecular weight is 418 g/mol. The number of hydrogen-bond donors (Lipinski definition) is 1. The monoisotopic (exact) mass is 418 g/mol. The summed E-state index contributed by atoms with van der Waals surface area (Å²) in [4.78, 5) is 13.3. The molecule has 0 spiro atoms. The summed E-state index contributed by atoms with van der Waals surface area (Å²) in [5.74, 6) is 0.702. The van der Waals surface area contributed by atoms with E-state index in [0.717, 1.165) is 16.6 Å². The Hall–Kier alpha value is -3.80. The second kappa shape index (κ2) is 8.52.